The van der Waals surface area contributed by atoms with Crippen molar-refractivity contribution in [2.45, 2.75) is 45.6 Å². The van der Waals surface area contributed by atoms with Crippen LogP contribution in [0, 0.1) is 11.8 Å². The van der Waals surface area contributed by atoms with Crippen molar-refractivity contribution in [1.82, 2.24) is 4.90 Å². The molecule has 2 aliphatic heterocycles. The summed E-state index contributed by atoms with van der Waals surface area (Å²) in [7, 11) is 0. The molecule has 2 atom stereocenters. The summed E-state index contributed by atoms with van der Waals surface area (Å²) in [6.45, 7) is 9.70. The van der Waals surface area contributed by atoms with E-state index in [0.29, 0.717) is 6.10 Å². The van der Waals surface area contributed by atoms with Gasteiger partial charge in [0.25, 0.3) is 0 Å². The molecule has 0 saturated carbocycles. The first kappa shape index (κ1) is 13.3. The highest BCUT2D eigenvalue weighted by molar-refractivity contribution is 4.76. The maximum Gasteiger partial charge on any atom is 0.0990 e. The molecule has 0 amide bonds. The van der Waals surface area contributed by atoms with Crippen molar-refractivity contribution in [1.29, 1.82) is 0 Å². The van der Waals surface area contributed by atoms with Crippen LogP contribution in [0.2, 0.25) is 0 Å². The minimum absolute atomic E-state index is 0.469. The topological polar surface area (TPSA) is 21.7 Å². The van der Waals surface area contributed by atoms with Crippen molar-refractivity contribution in [3.05, 3.63) is 0 Å². The molecule has 2 fully saturated rings. The van der Waals surface area contributed by atoms with Gasteiger partial charge in [0.15, 0.2) is 0 Å². The summed E-state index contributed by atoms with van der Waals surface area (Å²) in [5, 5.41) is 0. The Bertz CT molecular complexity index is 214. The smallest absolute Gasteiger partial charge is 0.0990 e. The zero-order valence-corrected chi connectivity index (χ0v) is 11.4. The summed E-state index contributed by atoms with van der Waals surface area (Å²) in [6.07, 6.45) is 5.33. The van der Waals surface area contributed by atoms with E-state index in [1.165, 1.54) is 32.4 Å². The zero-order valence-electron chi connectivity index (χ0n) is 11.4. The van der Waals surface area contributed by atoms with Crippen LogP contribution >= 0.6 is 0 Å². The lowest BCUT2D eigenvalue weighted by molar-refractivity contribution is 0.0133. The van der Waals surface area contributed by atoms with Gasteiger partial charge in [-0.3, -0.25) is 4.90 Å². The first-order chi connectivity index (χ1) is 8.25. The molecule has 2 rings (SSSR count). The zero-order chi connectivity index (χ0) is 12.1. The second-order valence-electron chi connectivity index (χ2n) is 5.83. The maximum atomic E-state index is 5.75. The van der Waals surface area contributed by atoms with E-state index in [2.05, 4.69) is 18.7 Å². The SMILES string of the molecule is CC(C)C1CCN(COCCC2CCCO2)C1. The number of nitrogens with zero attached hydrogens (tertiary/aromatic N) is 1. The van der Waals surface area contributed by atoms with E-state index in [4.69, 9.17) is 9.47 Å². The van der Waals surface area contributed by atoms with E-state index in [9.17, 15) is 0 Å². The summed E-state index contributed by atoms with van der Waals surface area (Å²) >= 11 is 0. The normalized spacial score (nSPS) is 30.5. The average Bonchev–Trinajstić information content (AvgIpc) is 2.96. The van der Waals surface area contributed by atoms with Crippen LogP contribution < -0.4 is 0 Å². The van der Waals surface area contributed by atoms with E-state index < -0.39 is 0 Å². The number of ether oxygens (including phenoxy) is 2. The average molecular weight is 241 g/mol. The van der Waals surface area contributed by atoms with Gasteiger partial charge in [0.1, 0.15) is 0 Å². The van der Waals surface area contributed by atoms with Gasteiger partial charge >= 0.3 is 0 Å². The van der Waals surface area contributed by atoms with Crippen molar-refractivity contribution in [2.24, 2.45) is 11.8 Å². The van der Waals surface area contributed by atoms with Crippen molar-refractivity contribution < 1.29 is 9.47 Å². The second-order valence-corrected chi connectivity index (χ2v) is 5.83. The molecule has 0 spiro atoms. The van der Waals surface area contributed by atoms with Crippen molar-refractivity contribution in [2.75, 3.05) is 33.0 Å². The molecule has 0 aliphatic carbocycles. The van der Waals surface area contributed by atoms with E-state index in [1.54, 1.807) is 0 Å². The molecule has 0 aromatic rings. The monoisotopic (exact) mass is 241 g/mol. The Kier molecular flexibility index (Phi) is 5.26. The molecule has 100 valence electrons. The van der Waals surface area contributed by atoms with E-state index >= 15 is 0 Å². The van der Waals surface area contributed by atoms with Crippen molar-refractivity contribution >= 4 is 0 Å². The Morgan fingerprint density at radius 1 is 1.35 bits per heavy atom. The molecule has 2 saturated heterocycles. The van der Waals surface area contributed by atoms with Gasteiger partial charge in [-0.05, 0) is 37.5 Å². The summed E-state index contributed by atoms with van der Waals surface area (Å²) < 4.78 is 11.3. The molecule has 2 unspecified atom stereocenters. The van der Waals surface area contributed by atoms with Gasteiger partial charge in [-0.15, -0.1) is 0 Å². The summed E-state index contributed by atoms with van der Waals surface area (Å²) in [5.41, 5.74) is 0. The van der Waals surface area contributed by atoms with Crippen LogP contribution in [0.15, 0.2) is 0 Å². The van der Waals surface area contributed by atoms with Gasteiger partial charge in [0, 0.05) is 19.7 Å². The van der Waals surface area contributed by atoms with Crippen LogP contribution in [0.4, 0.5) is 0 Å². The first-order valence-corrected chi connectivity index (χ1v) is 7.17. The molecule has 2 heterocycles. The molecular weight excluding hydrogens is 214 g/mol. The van der Waals surface area contributed by atoms with Gasteiger partial charge in [-0.2, -0.15) is 0 Å². The first-order valence-electron chi connectivity index (χ1n) is 7.17. The fourth-order valence-corrected chi connectivity index (χ4v) is 2.80. The molecule has 3 heteroatoms. The Hall–Kier alpha value is -0.120. The molecule has 2 aliphatic rings. The van der Waals surface area contributed by atoms with Crippen LogP contribution in [-0.2, 0) is 9.47 Å². The minimum Gasteiger partial charge on any atom is -0.378 e. The molecule has 17 heavy (non-hydrogen) atoms. The largest absolute Gasteiger partial charge is 0.378 e. The highest BCUT2D eigenvalue weighted by Gasteiger charge is 2.24. The van der Waals surface area contributed by atoms with Crippen LogP contribution in [0.3, 0.4) is 0 Å². The standard InChI is InChI=1S/C14H27NO2/c1-12(2)13-5-7-15(10-13)11-16-9-6-14-4-3-8-17-14/h12-14H,3-11H2,1-2H3. The lowest BCUT2D eigenvalue weighted by Crippen LogP contribution is -2.25. The highest BCUT2D eigenvalue weighted by atomic mass is 16.5. The number of rotatable bonds is 6. The number of hydrogen-bond acceptors (Lipinski definition) is 3. The Labute approximate surface area is 105 Å². The highest BCUT2D eigenvalue weighted by Crippen LogP contribution is 2.23. The molecule has 0 N–H and O–H groups in total. The molecule has 0 aromatic carbocycles. The van der Waals surface area contributed by atoms with Gasteiger partial charge < -0.3 is 9.47 Å². The number of likely N-dealkylation sites (tertiary alicyclic amines) is 1. The molecule has 3 nitrogen and oxygen atoms in total. The van der Waals surface area contributed by atoms with E-state index in [0.717, 1.165) is 38.2 Å². The third-order valence-electron chi connectivity index (χ3n) is 4.13. The van der Waals surface area contributed by atoms with E-state index in [-0.39, 0.29) is 0 Å². The fourth-order valence-electron chi connectivity index (χ4n) is 2.80. The summed E-state index contributed by atoms with van der Waals surface area (Å²) in [6, 6.07) is 0. The molecule has 0 aromatic heterocycles. The minimum atomic E-state index is 0.469. The summed E-state index contributed by atoms with van der Waals surface area (Å²) in [5.74, 6) is 1.68. The molecule has 0 radical (unpaired) electrons. The molecular formula is C14H27NO2. The predicted octanol–water partition coefficient (Wildman–Crippen LogP) is 2.51. The van der Waals surface area contributed by atoms with Crippen LogP contribution in [0.1, 0.15) is 39.5 Å². The van der Waals surface area contributed by atoms with Gasteiger partial charge in [-0.1, -0.05) is 13.8 Å². The van der Waals surface area contributed by atoms with E-state index in [1.807, 2.05) is 0 Å². The van der Waals surface area contributed by atoms with Crippen molar-refractivity contribution in [3.63, 3.8) is 0 Å². The van der Waals surface area contributed by atoms with Crippen LogP contribution in [-0.4, -0.2) is 44.0 Å². The predicted molar refractivity (Wildman–Crippen MR) is 68.9 cm³/mol. The van der Waals surface area contributed by atoms with Crippen LogP contribution in [0.25, 0.3) is 0 Å². The maximum absolute atomic E-state index is 5.75. The van der Waals surface area contributed by atoms with Gasteiger partial charge in [0.05, 0.1) is 19.4 Å². The van der Waals surface area contributed by atoms with Gasteiger partial charge in [-0.25, -0.2) is 0 Å². The fraction of sp³-hybridized carbons (Fsp3) is 1.00. The third kappa shape index (κ3) is 4.23. The number of hydrogen-bond donors (Lipinski definition) is 0. The Balaban J connectivity index is 1.51. The lowest BCUT2D eigenvalue weighted by Gasteiger charge is -2.18. The summed E-state index contributed by atoms with van der Waals surface area (Å²) in [4.78, 5) is 2.44. The van der Waals surface area contributed by atoms with Crippen LogP contribution in [0.5, 0.6) is 0 Å². The quantitative estimate of drug-likeness (QED) is 0.667. The second kappa shape index (κ2) is 6.72. The Morgan fingerprint density at radius 3 is 2.88 bits per heavy atom. The third-order valence-corrected chi connectivity index (χ3v) is 4.13. The van der Waals surface area contributed by atoms with Crippen molar-refractivity contribution in [3.8, 4) is 0 Å². The lowest BCUT2D eigenvalue weighted by atomic mass is 9.95. The molecule has 0 bridgehead atoms. The van der Waals surface area contributed by atoms with Gasteiger partial charge in [0.2, 0.25) is 0 Å². The Morgan fingerprint density at radius 2 is 2.24 bits per heavy atom.